The Hall–Kier alpha value is -2.70. The summed E-state index contributed by atoms with van der Waals surface area (Å²) >= 11 is 0. The van der Waals surface area contributed by atoms with Crippen molar-refractivity contribution in [1.82, 2.24) is 25.2 Å². The van der Waals surface area contributed by atoms with E-state index in [-0.39, 0.29) is 6.03 Å². The zero-order valence-corrected chi connectivity index (χ0v) is 11.5. The molecule has 7 heteroatoms. The fraction of sp³-hybridized carbons (Fsp3) is 0.286. The zero-order chi connectivity index (χ0) is 14.5. The van der Waals surface area contributed by atoms with Gasteiger partial charge in [-0.15, -0.1) is 0 Å². The van der Waals surface area contributed by atoms with E-state index in [9.17, 15) is 4.79 Å². The van der Waals surface area contributed by atoms with Crippen LogP contribution >= 0.6 is 0 Å². The van der Waals surface area contributed by atoms with Crippen LogP contribution in [0.1, 0.15) is 0 Å². The lowest BCUT2D eigenvalue weighted by Crippen LogP contribution is -2.32. The molecular weight excluding hydrogens is 268 g/mol. The van der Waals surface area contributed by atoms with Gasteiger partial charge in [0, 0.05) is 38.6 Å². The van der Waals surface area contributed by atoms with Crippen molar-refractivity contribution in [3.63, 3.8) is 0 Å². The highest BCUT2D eigenvalue weighted by atomic mass is 16.2. The van der Waals surface area contributed by atoms with Crippen molar-refractivity contribution in [3.8, 4) is 11.4 Å². The van der Waals surface area contributed by atoms with Crippen molar-refractivity contribution in [3.05, 3.63) is 36.7 Å². The van der Waals surface area contributed by atoms with Crippen LogP contribution in [0.15, 0.2) is 36.7 Å². The molecule has 21 heavy (non-hydrogen) atoms. The molecule has 2 N–H and O–H groups in total. The quantitative estimate of drug-likeness (QED) is 0.855. The SMILES string of the molecule is O=C1NCCN1CCNc1nccc(-c2ccccn2)n1. The Bertz CT molecular complexity index is 618. The smallest absolute Gasteiger partial charge is 0.317 e. The number of hydrogen-bond donors (Lipinski definition) is 2. The van der Waals surface area contributed by atoms with E-state index in [4.69, 9.17) is 0 Å². The molecule has 0 spiro atoms. The monoisotopic (exact) mass is 284 g/mol. The molecule has 2 aromatic heterocycles. The van der Waals surface area contributed by atoms with E-state index in [0.717, 1.165) is 17.9 Å². The number of carbonyl (C=O) groups is 1. The van der Waals surface area contributed by atoms with Gasteiger partial charge in [0.1, 0.15) is 0 Å². The summed E-state index contributed by atoms with van der Waals surface area (Å²) in [6.45, 7) is 2.70. The topological polar surface area (TPSA) is 83.0 Å². The normalized spacial score (nSPS) is 14.1. The van der Waals surface area contributed by atoms with E-state index in [0.29, 0.717) is 25.6 Å². The molecule has 2 amide bonds. The maximum Gasteiger partial charge on any atom is 0.317 e. The molecule has 0 atom stereocenters. The number of amides is 2. The highest BCUT2D eigenvalue weighted by molar-refractivity contribution is 5.76. The molecule has 0 aromatic carbocycles. The van der Waals surface area contributed by atoms with Gasteiger partial charge in [0.2, 0.25) is 5.95 Å². The summed E-state index contributed by atoms with van der Waals surface area (Å²) in [4.78, 5) is 26.0. The Morgan fingerprint density at radius 1 is 1.19 bits per heavy atom. The van der Waals surface area contributed by atoms with Crippen molar-refractivity contribution >= 4 is 12.0 Å². The number of carbonyl (C=O) groups excluding carboxylic acids is 1. The molecule has 1 aliphatic rings. The Kier molecular flexibility index (Phi) is 3.90. The number of nitrogens with zero attached hydrogens (tertiary/aromatic N) is 4. The zero-order valence-electron chi connectivity index (χ0n) is 11.5. The van der Waals surface area contributed by atoms with Crippen molar-refractivity contribution in [2.45, 2.75) is 0 Å². The second-order valence-electron chi connectivity index (χ2n) is 4.63. The molecule has 2 aromatic rings. The van der Waals surface area contributed by atoms with E-state index in [1.54, 1.807) is 17.3 Å². The summed E-state index contributed by atoms with van der Waals surface area (Å²) in [7, 11) is 0. The van der Waals surface area contributed by atoms with Crippen molar-refractivity contribution in [2.75, 3.05) is 31.5 Å². The fourth-order valence-electron chi connectivity index (χ4n) is 2.13. The number of nitrogens with one attached hydrogen (secondary N) is 2. The Labute approximate surface area is 122 Å². The van der Waals surface area contributed by atoms with Crippen LogP contribution in [0.2, 0.25) is 0 Å². The first-order valence-electron chi connectivity index (χ1n) is 6.84. The molecular formula is C14H16N6O. The predicted octanol–water partition coefficient (Wildman–Crippen LogP) is 0.976. The first-order chi connectivity index (χ1) is 10.3. The molecule has 0 radical (unpaired) electrons. The highest BCUT2D eigenvalue weighted by Crippen LogP contribution is 2.13. The molecule has 108 valence electrons. The number of urea groups is 1. The van der Waals surface area contributed by atoms with Gasteiger partial charge in [0.15, 0.2) is 0 Å². The van der Waals surface area contributed by atoms with Crippen molar-refractivity contribution in [1.29, 1.82) is 0 Å². The van der Waals surface area contributed by atoms with Gasteiger partial charge in [-0.05, 0) is 18.2 Å². The number of rotatable bonds is 5. The molecule has 1 fully saturated rings. The maximum absolute atomic E-state index is 11.4. The predicted molar refractivity (Wildman–Crippen MR) is 78.7 cm³/mol. The number of anilines is 1. The van der Waals surface area contributed by atoms with Crippen LogP contribution in [0.4, 0.5) is 10.7 Å². The Morgan fingerprint density at radius 2 is 2.14 bits per heavy atom. The van der Waals surface area contributed by atoms with Crippen LogP contribution in [0.25, 0.3) is 11.4 Å². The second kappa shape index (κ2) is 6.17. The van der Waals surface area contributed by atoms with Crippen LogP contribution < -0.4 is 10.6 Å². The van der Waals surface area contributed by atoms with Crippen LogP contribution in [0, 0.1) is 0 Å². The lowest BCUT2D eigenvalue weighted by Gasteiger charge is -2.14. The summed E-state index contributed by atoms with van der Waals surface area (Å²) < 4.78 is 0. The molecule has 1 aliphatic heterocycles. The van der Waals surface area contributed by atoms with Crippen LogP contribution in [0.3, 0.4) is 0 Å². The second-order valence-corrected chi connectivity index (χ2v) is 4.63. The van der Waals surface area contributed by atoms with Crippen LogP contribution in [-0.4, -0.2) is 52.1 Å². The first-order valence-corrected chi connectivity index (χ1v) is 6.84. The van der Waals surface area contributed by atoms with E-state index in [1.807, 2.05) is 24.3 Å². The van der Waals surface area contributed by atoms with E-state index in [1.165, 1.54) is 0 Å². The minimum atomic E-state index is -0.0139. The highest BCUT2D eigenvalue weighted by Gasteiger charge is 2.18. The summed E-state index contributed by atoms with van der Waals surface area (Å²) in [6.07, 6.45) is 3.43. The summed E-state index contributed by atoms with van der Waals surface area (Å²) in [5.74, 6) is 0.540. The van der Waals surface area contributed by atoms with Gasteiger partial charge < -0.3 is 15.5 Å². The van der Waals surface area contributed by atoms with Gasteiger partial charge in [-0.25, -0.2) is 14.8 Å². The molecule has 0 saturated carbocycles. The molecule has 7 nitrogen and oxygen atoms in total. The van der Waals surface area contributed by atoms with Crippen molar-refractivity contribution in [2.24, 2.45) is 0 Å². The lowest BCUT2D eigenvalue weighted by atomic mass is 10.3. The minimum Gasteiger partial charge on any atom is -0.352 e. The molecule has 0 bridgehead atoms. The Morgan fingerprint density at radius 3 is 2.90 bits per heavy atom. The molecule has 0 aliphatic carbocycles. The van der Waals surface area contributed by atoms with E-state index in [2.05, 4.69) is 25.6 Å². The maximum atomic E-state index is 11.4. The average Bonchev–Trinajstić information content (AvgIpc) is 2.94. The average molecular weight is 284 g/mol. The molecule has 3 heterocycles. The van der Waals surface area contributed by atoms with Crippen molar-refractivity contribution < 1.29 is 4.79 Å². The van der Waals surface area contributed by atoms with Gasteiger partial charge in [-0.3, -0.25) is 4.98 Å². The summed E-state index contributed by atoms with van der Waals surface area (Å²) in [6, 6.07) is 7.50. The van der Waals surface area contributed by atoms with Gasteiger partial charge in [-0.2, -0.15) is 0 Å². The first kappa shape index (κ1) is 13.3. The van der Waals surface area contributed by atoms with Gasteiger partial charge in [0.25, 0.3) is 0 Å². The standard InChI is InChI=1S/C14H16N6O/c21-14-18-8-10-20(14)9-7-17-13-16-6-4-12(19-13)11-3-1-2-5-15-11/h1-6H,7-10H2,(H,18,21)(H,16,17,19). The third-order valence-corrected chi connectivity index (χ3v) is 3.19. The fourth-order valence-corrected chi connectivity index (χ4v) is 2.13. The molecule has 3 rings (SSSR count). The summed E-state index contributed by atoms with van der Waals surface area (Å²) in [5, 5.41) is 5.90. The molecule has 1 saturated heterocycles. The minimum absolute atomic E-state index is 0.0139. The number of pyridine rings is 1. The molecule has 0 unspecified atom stereocenters. The number of aromatic nitrogens is 3. The van der Waals surface area contributed by atoms with Gasteiger partial charge >= 0.3 is 6.03 Å². The van der Waals surface area contributed by atoms with E-state index >= 15 is 0 Å². The third kappa shape index (κ3) is 3.25. The Balaban J connectivity index is 1.60. The summed E-state index contributed by atoms with van der Waals surface area (Å²) in [5.41, 5.74) is 1.58. The van der Waals surface area contributed by atoms with E-state index < -0.39 is 0 Å². The van der Waals surface area contributed by atoms with Crippen LogP contribution in [-0.2, 0) is 0 Å². The van der Waals surface area contributed by atoms with Crippen LogP contribution in [0.5, 0.6) is 0 Å². The number of hydrogen-bond acceptors (Lipinski definition) is 5. The van der Waals surface area contributed by atoms with Gasteiger partial charge in [0.05, 0.1) is 11.4 Å². The third-order valence-electron chi connectivity index (χ3n) is 3.19. The largest absolute Gasteiger partial charge is 0.352 e. The van der Waals surface area contributed by atoms with Gasteiger partial charge in [-0.1, -0.05) is 6.07 Å². The lowest BCUT2D eigenvalue weighted by molar-refractivity contribution is 0.219.